The molecule has 1 aliphatic heterocycles. The Morgan fingerprint density at radius 3 is 2.51 bits per heavy atom. The SMILES string of the molecule is CN(C)c1cccc([C@H](CCC#N)NC(=O)N2CCc3c(cccc3-c3ccc(C(F)(F)F)cc3)C2)c1. The van der Waals surface area contributed by atoms with Gasteiger partial charge >= 0.3 is 12.2 Å². The zero-order valence-electron chi connectivity index (χ0n) is 20.8. The van der Waals surface area contributed by atoms with Crippen molar-refractivity contribution in [1.29, 1.82) is 5.26 Å². The van der Waals surface area contributed by atoms with Crippen LogP contribution in [0.15, 0.2) is 66.7 Å². The van der Waals surface area contributed by atoms with E-state index in [1.807, 2.05) is 61.5 Å². The molecule has 0 fully saturated rings. The van der Waals surface area contributed by atoms with E-state index >= 15 is 0 Å². The largest absolute Gasteiger partial charge is 0.416 e. The topological polar surface area (TPSA) is 59.4 Å². The highest BCUT2D eigenvalue weighted by Crippen LogP contribution is 2.34. The molecule has 1 N–H and O–H groups in total. The van der Waals surface area contributed by atoms with Crippen LogP contribution in [0.5, 0.6) is 0 Å². The van der Waals surface area contributed by atoms with Crippen molar-refractivity contribution < 1.29 is 18.0 Å². The van der Waals surface area contributed by atoms with E-state index in [0.717, 1.165) is 45.6 Å². The normalized spacial score (nSPS) is 13.9. The smallest absolute Gasteiger partial charge is 0.378 e. The molecule has 192 valence electrons. The molecule has 0 bridgehead atoms. The van der Waals surface area contributed by atoms with Crippen LogP contribution in [0.2, 0.25) is 0 Å². The molecule has 0 spiro atoms. The molecular formula is C29H29F3N4O. The highest BCUT2D eigenvalue weighted by atomic mass is 19.4. The summed E-state index contributed by atoms with van der Waals surface area (Å²) >= 11 is 0. The minimum absolute atomic E-state index is 0.205. The van der Waals surface area contributed by atoms with Crippen LogP contribution in [0, 0.1) is 11.3 Å². The lowest BCUT2D eigenvalue weighted by Crippen LogP contribution is -2.44. The Labute approximate surface area is 215 Å². The second-order valence-corrected chi connectivity index (χ2v) is 9.38. The predicted molar refractivity (Wildman–Crippen MR) is 138 cm³/mol. The van der Waals surface area contributed by atoms with E-state index in [9.17, 15) is 18.0 Å². The van der Waals surface area contributed by atoms with Gasteiger partial charge in [0.2, 0.25) is 0 Å². The minimum atomic E-state index is -4.37. The molecule has 0 unspecified atom stereocenters. The van der Waals surface area contributed by atoms with Crippen molar-refractivity contribution in [3.8, 4) is 17.2 Å². The Morgan fingerprint density at radius 2 is 1.84 bits per heavy atom. The molecule has 1 atom stereocenters. The van der Waals surface area contributed by atoms with E-state index in [-0.39, 0.29) is 12.1 Å². The lowest BCUT2D eigenvalue weighted by atomic mass is 9.90. The van der Waals surface area contributed by atoms with Gasteiger partial charge in [0.05, 0.1) is 17.7 Å². The molecule has 2 amide bonds. The molecule has 0 aromatic heterocycles. The summed E-state index contributed by atoms with van der Waals surface area (Å²) in [7, 11) is 3.90. The summed E-state index contributed by atoms with van der Waals surface area (Å²) in [6.07, 6.45) is -2.96. The van der Waals surface area contributed by atoms with Gasteiger partial charge in [-0.25, -0.2) is 4.79 Å². The quantitative estimate of drug-likeness (QED) is 0.412. The van der Waals surface area contributed by atoms with Gasteiger partial charge in [-0.2, -0.15) is 18.4 Å². The number of nitrogens with one attached hydrogen (secondary N) is 1. The molecule has 0 aliphatic carbocycles. The van der Waals surface area contributed by atoms with Crippen molar-refractivity contribution in [2.24, 2.45) is 0 Å². The first-order valence-corrected chi connectivity index (χ1v) is 12.2. The van der Waals surface area contributed by atoms with Crippen LogP contribution in [0.3, 0.4) is 0 Å². The maximum absolute atomic E-state index is 13.3. The van der Waals surface area contributed by atoms with Crippen molar-refractivity contribution in [1.82, 2.24) is 10.2 Å². The third-order valence-electron chi connectivity index (χ3n) is 6.71. The molecule has 3 aromatic carbocycles. The standard InChI is InChI=1S/C29H29F3N4O/c1-35(2)24-8-3-6-21(18-24)27(10-5-16-33)34-28(37)36-17-15-26-22(19-36)7-4-9-25(26)20-11-13-23(14-12-20)29(30,31)32/h3-4,6-9,11-14,18,27H,5,10,15,17,19H2,1-2H3,(H,34,37)/t27-/m0/s1. The maximum Gasteiger partial charge on any atom is 0.416 e. The summed E-state index contributed by atoms with van der Waals surface area (Å²) in [4.78, 5) is 17.0. The highest BCUT2D eigenvalue weighted by Gasteiger charge is 2.30. The molecule has 0 saturated heterocycles. The Morgan fingerprint density at radius 1 is 1.11 bits per heavy atom. The van der Waals surface area contributed by atoms with Gasteiger partial charge in [0.15, 0.2) is 0 Å². The molecule has 0 saturated carbocycles. The van der Waals surface area contributed by atoms with Crippen LogP contribution >= 0.6 is 0 Å². The number of rotatable bonds is 6. The van der Waals surface area contributed by atoms with E-state index in [4.69, 9.17) is 5.26 Å². The predicted octanol–water partition coefficient (Wildman–Crippen LogP) is 6.55. The lowest BCUT2D eigenvalue weighted by molar-refractivity contribution is -0.137. The Balaban J connectivity index is 1.51. The third-order valence-corrected chi connectivity index (χ3v) is 6.71. The van der Waals surface area contributed by atoms with Gasteiger partial charge in [-0.3, -0.25) is 0 Å². The number of alkyl halides is 3. The minimum Gasteiger partial charge on any atom is -0.378 e. The number of carbonyl (C=O) groups excluding carboxylic acids is 1. The molecule has 37 heavy (non-hydrogen) atoms. The van der Waals surface area contributed by atoms with Gasteiger partial charge in [0.1, 0.15) is 0 Å². The number of hydrogen-bond acceptors (Lipinski definition) is 3. The number of nitrogens with zero attached hydrogens (tertiary/aromatic N) is 3. The average molecular weight is 507 g/mol. The number of fused-ring (bicyclic) bond motifs is 1. The number of nitriles is 1. The highest BCUT2D eigenvalue weighted by molar-refractivity contribution is 5.76. The molecule has 8 heteroatoms. The second-order valence-electron chi connectivity index (χ2n) is 9.38. The van der Waals surface area contributed by atoms with E-state index in [0.29, 0.717) is 32.4 Å². The molecule has 3 aromatic rings. The first-order chi connectivity index (χ1) is 17.7. The van der Waals surface area contributed by atoms with Crippen LogP contribution in [0.4, 0.5) is 23.7 Å². The average Bonchev–Trinajstić information content (AvgIpc) is 2.89. The Bertz CT molecular complexity index is 1300. The number of hydrogen-bond donors (Lipinski definition) is 1. The summed E-state index contributed by atoms with van der Waals surface area (Å²) in [6.45, 7) is 0.886. The van der Waals surface area contributed by atoms with Gasteiger partial charge in [-0.1, -0.05) is 42.5 Å². The number of anilines is 1. The van der Waals surface area contributed by atoms with E-state index in [2.05, 4.69) is 11.4 Å². The molecule has 0 radical (unpaired) electrons. The fourth-order valence-electron chi connectivity index (χ4n) is 4.68. The second kappa shape index (κ2) is 11.0. The number of benzene rings is 3. The first-order valence-electron chi connectivity index (χ1n) is 12.2. The van der Waals surface area contributed by atoms with Crippen molar-refractivity contribution >= 4 is 11.7 Å². The van der Waals surface area contributed by atoms with Gasteiger partial charge < -0.3 is 15.1 Å². The molecular weight excluding hydrogens is 477 g/mol. The number of halogens is 3. The van der Waals surface area contributed by atoms with Crippen molar-refractivity contribution in [2.45, 2.75) is 38.0 Å². The molecule has 4 rings (SSSR count). The van der Waals surface area contributed by atoms with Crippen molar-refractivity contribution in [3.63, 3.8) is 0 Å². The van der Waals surface area contributed by atoms with E-state index in [1.165, 1.54) is 12.1 Å². The zero-order chi connectivity index (χ0) is 26.6. The molecule has 5 nitrogen and oxygen atoms in total. The number of carbonyl (C=O) groups is 1. The summed E-state index contributed by atoms with van der Waals surface area (Å²) in [6, 6.07) is 20.5. The van der Waals surface area contributed by atoms with E-state index < -0.39 is 11.7 Å². The summed E-state index contributed by atoms with van der Waals surface area (Å²) < 4.78 is 38.9. The van der Waals surface area contributed by atoms with Crippen LogP contribution < -0.4 is 10.2 Å². The fraction of sp³-hybridized carbons (Fsp3) is 0.310. The van der Waals surface area contributed by atoms with Gasteiger partial charge in [-0.05, 0) is 64.9 Å². The zero-order valence-corrected chi connectivity index (χ0v) is 20.8. The molecule has 1 aliphatic rings. The first kappa shape index (κ1) is 26.1. The van der Waals surface area contributed by atoms with Crippen molar-refractivity contribution in [3.05, 3.63) is 89.0 Å². The fourth-order valence-corrected chi connectivity index (χ4v) is 4.68. The Kier molecular flexibility index (Phi) is 7.72. The summed E-state index contributed by atoms with van der Waals surface area (Å²) in [5.41, 5.74) is 4.91. The van der Waals surface area contributed by atoms with Crippen molar-refractivity contribution in [2.75, 3.05) is 25.5 Å². The third kappa shape index (κ3) is 6.05. The van der Waals surface area contributed by atoms with Gasteiger partial charge in [0.25, 0.3) is 0 Å². The van der Waals surface area contributed by atoms with Crippen LogP contribution in [-0.2, 0) is 19.1 Å². The van der Waals surface area contributed by atoms with Gasteiger partial charge in [-0.15, -0.1) is 0 Å². The number of amides is 2. The molecule has 1 heterocycles. The lowest BCUT2D eigenvalue weighted by Gasteiger charge is -2.32. The Hall–Kier alpha value is -3.99. The van der Waals surface area contributed by atoms with Crippen LogP contribution in [0.25, 0.3) is 11.1 Å². The van der Waals surface area contributed by atoms with Crippen LogP contribution in [0.1, 0.15) is 41.1 Å². The van der Waals surface area contributed by atoms with E-state index in [1.54, 1.807) is 4.90 Å². The monoisotopic (exact) mass is 506 g/mol. The number of urea groups is 1. The summed E-state index contributed by atoms with van der Waals surface area (Å²) in [5.74, 6) is 0. The van der Waals surface area contributed by atoms with Crippen LogP contribution in [-0.4, -0.2) is 31.6 Å². The van der Waals surface area contributed by atoms with Gasteiger partial charge in [0, 0.05) is 39.3 Å². The maximum atomic E-state index is 13.3. The summed E-state index contributed by atoms with van der Waals surface area (Å²) in [5, 5.41) is 12.2.